The van der Waals surface area contributed by atoms with Crippen LogP contribution in [0, 0.1) is 17.6 Å². The predicted molar refractivity (Wildman–Crippen MR) is 80.0 cm³/mol. The van der Waals surface area contributed by atoms with Gasteiger partial charge < -0.3 is 10.1 Å². The van der Waals surface area contributed by atoms with Crippen molar-refractivity contribution in [3.63, 3.8) is 0 Å². The fourth-order valence-corrected chi connectivity index (χ4v) is 2.85. The van der Waals surface area contributed by atoms with Crippen molar-refractivity contribution >= 4 is 11.6 Å². The molecule has 2 atom stereocenters. The second-order valence-electron chi connectivity index (χ2n) is 5.30. The minimum absolute atomic E-state index is 0.0262. The minimum Gasteiger partial charge on any atom is -0.482 e. The van der Waals surface area contributed by atoms with E-state index in [1.807, 2.05) is 0 Å². The Morgan fingerprint density at radius 1 is 1.27 bits per heavy atom. The highest BCUT2D eigenvalue weighted by Gasteiger charge is 2.29. The summed E-state index contributed by atoms with van der Waals surface area (Å²) in [7, 11) is 0. The Labute approximate surface area is 132 Å². The first-order chi connectivity index (χ1) is 10.6. The SMILES string of the molecule is Fc1ccc(O[C@H](c2cncc(Cl)c2)[C@@H]2CCNC2)c(F)c1. The average molecular weight is 325 g/mol. The molecule has 2 heterocycles. The monoisotopic (exact) mass is 324 g/mol. The van der Waals surface area contributed by atoms with Crippen LogP contribution in [-0.4, -0.2) is 18.1 Å². The second kappa shape index (κ2) is 6.58. The lowest BCUT2D eigenvalue weighted by atomic mass is 9.96. The standard InChI is InChI=1S/C16H15ClF2N2O/c17-12-5-11(8-21-9-12)16(10-3-4-20-7-10)22-15-2-1-13(18)6-14(15)19/h1-2,5-6,8-10,16,20H,3-4,7H2/t10-,16+/m1/s1. The summed E-state index contributed by atoms with van der Waals surface area (Å²) in [6, 6.07) is 5.06. The number of pyridine rings is 1. The predicted octanol–water partition coefficient (Wildman–Crippen LogP) is 3.74. The van der Waals surface area contributed by atoms with Crippen molar-refractivity contribution < 1.29 is 13.5 Å². The van der Waals surface area contributed by atoms with E-state index in [-0.39, 0.29) is 17.8 Å². The number of aromatic nitrogens is 1. The van der Waals surface area contributed by atoms with Gasteiger partial charge in [-0.3, -0.25) is 4.98 Å². The summed E-state index contributed by atoms with van der Waals surface area (Å²) < 4.78 is 32.7. The van der Waals surface area contributed by atoms with Gasteiger partial charge in [-0.15, -0.1) is 0 Å². The Balaban J connectivity index is 1.91. The van der Waals surface area contributed by atoms with E-state index in [1.54, 1.807) is 12.3 Å². The summed E-state index contributed by atoms with van der Waals surface area (Å²) in [6.07, 6.45) is 3.71. The second-order valence-corrected chi connectivity index (χ2v) is 5.74. The average Bonchev–Trinajstić information content (AvgIpc) is 3.00. The van der Waals surface area contributed by atoms with Gasteiger partial charge >= 0.3 is 0 Å². The Kier molecular flexibility index (Phi) is 4.55. The number of hydrogen-bond acceptors (Lipinski definition) is 3. The number of nitrogens with one attached hydrogen (secondary N) is 1. The first kappa shape index (κ1) is 15.2. The van der Waals surface area contributed by atoms with Crippen LogP contribution in [0.4, 0.5) is 8.78 Å². The third-order valence-electron chi connectivity index (χ3n) is 3.73. The first-order valence-electron chi connectivity index (χ1n) is 7.06. The zero-order valence-electron chi connectivity index (χ0n) is 11.7. The van der Waals surface area contributed by atoms with E-state index in [9.17, 15) is 8.78 Å². The molecule has 1 N–H and O–H groups in total. The van der Waals surface area contributed by atoms with Gasteiger partial charge in [-0.25, -0.2) is 8.78 Å². The molecule has 3 rings (SSSR count). The molecule has 1 saturated heterocycles. The summed E-state index contributed by atoms with van der Waals surface area (Å²) in [4.78, 5) is 4.07. The van der Waals surface area contributed by atoms with Crippen LogP contribution < -0.4 is 10.1 Å². The number of nitrogens with zero attached hydrogens (tertiary/aromatic N) is 1. The van der Waals surface area contributed by atoms with Gasteiger partial charge in [0.2, 0.25) is 0 Å². The molecule has 6 heteroatoms. The fraction of sp³-hybridized carbons (Fsp3) is 0.312. The summed E-state index contributed by atoms with van der Waals surface area (Å²) >= 11 is 5.99. The van der Waals surface area contributed by atoms with Crippen LogP contribution in [-0.2, 0) is 0 Å². The van der Waals surface area contributed by atoms with Gasteiger partial charge in [0.25, 0.3) is 0 Å². The number of benzene rings is 1. The van der Waals surface area contributed by atoms with E-state index in [0.717, 1.165) is 31.1 Å². The first-order valence-corrected chi connectivity index (χ1v) is 7.44. The normalized spacial score (nSPS) is 19.1. The van der Waals surface area contributed by atoms with Crippen molar-refractivity contribution in [3.05, 3.63) is 58.9 Å². The quantitative estimate of drug-likeness (QED) is 0.930. The van der Waals surface area contributed by atoms with Crippen molar-refractivity contribution in [2.24, 2.45) is 5.92 Å². The Hall–Kier alpha value is -1.72. The highest BCUT2D eigenvalue weighted by atomic mass is 35.5. The maximum absolute atomic E-state index is 13.9. The third-order valence-corrected chi connectivity index (χ3v) is 3.94. The molecule has 0 bridgehead atoms. The minimum atomic E-state index is -0.717. The summed E-state index contributed by atoms with van der Waals surface area (Å²) in [5.41, 5.74) is 0.782. The molecule has 0 radical (unpaired) electrons. The highest BCUT2D eigenvalue weighted by molar-refractivity contribution is 6.30. The van der Waals surface area contributed by atoms with E-state index in [1.165, 1.54) is 18.3 Å². The molecule has 1 aliphatic heterocycles. The zero-order chi connectivity index (χ0) is 15.5. The van der Waals surface area contributed by atoms with Crippen LogP contribution in [0.15, 0.2) is 36.7 Å². The maximum atomic E-state index is 13.9. The van der Waals surface area contributed by atoms with Crippen LogP contribution >= 0.6 is 11.6 Å². The number of ether oxygens (including phenoxy) is 1. The van der Waals surface area contributed by atoms with Gasteiger partial charge in [-0.1, -0.05) is 11.6 Å². The Bertz CT molecular complexity index is 662. The van der Waals surface area contributed by atoms with Gasteiger partial charge in [0.15, 0.2) is 11.6 Å². The molecule has 22 heavy (non-hydrogen) atoms. The van der Waals surface area contributed by atoms with E-state index in [4.69, 9.17) is 16.3 Å². The van der Waals surface area contributed by atoms with E-state index >= 15 is 0 Å². The van der Waals surface area contributed by atoms with Crippen molar-refractivity contribution in [1.29, 1.82) is 0 Å². The Morgan fingerprint density at radius 2 is 2.14 bits per heavy atom. The lowest BCUT2D eigenvalue weighted by Gasteiger charge is -2.25. The van der Waals surface area contributed by atoms with Crippen LogP contribution in [0.5, 0.6) is 5.75 Å². The van der Waals surface area contributed by atoms with Gasteiger partial charge in [-0.05, 0) is 31.2 Å². The largest absolute Gasteiger partial charge is 0.482 e. The fourth-order valence-electron chi connectivity index (χ4n) is 2.66. The van der Waals surface area contributed by atoms with Gasteiger partial charge in [-0.2, -0.15) is 0 Å². The van der Waals surface area contributed by atoms with Crippen molar-refractivity contribution in [3.8, 4) is 5.75 Å². The van der Waals surface area contributed by atoms with Crippen LogP contribution in [0.25, 0.3) is 0 Å². The maximum Gasteiger partial charge on any atom is 0.168 e. The molecule has 0 aliphatic carbocycles. The molecule has 0 spiro atoms. The molecule has 1 aliphatic rings. The number of halogens is 3. The molecule has 1 aromatic carbocycles. The molecule has 3 nitrogen and oxygen atoms in total. The van der Waals surface area contributed by atoms with E-state index in [0.29, 0.717) is 5.02 Å². The smallest absolute Gasteiger partial charge is 0.168 e. The lowest BCUT2D eigenvalue weighted by molar-refractivity contribution is 0.137. The molecular weight excluding hydrogens is 310 g/mol. The van der Waals surface area contributed by atoms with E-state index in [2.05, 4.69) is 10.3 Å². The van der Waals surface area contributed by atoms with Crippen molar-refractivity contribution in [2.75, 3.05) is 13.1 Å². The molecule has 0 saturated carbocycles. The molecule has 2 aromatic rings. The summed E-state index contributed by atoms with van der Waals surface area (Å²) in [5.74, 6) is -1.15. The van der Waals surface area contributed by atoms with Crippen LogP contribution in [0.3, 0.4) is 0 Å². The van der Waals surface area contributed by atoms with Crippen molar-refractivity contribution in [2.45, 2.75) is 12.5 Å². The molecule has 0 amide bonds. The molecular formula is C16H15ClF2N2O. The molecule has 116 valence electrons. The zero-order valence-corrected chi connectivity index (χ0v) is 12.5. The highest BCUT2D eigenvalue weighted by Crippen LogP contribution is 2.33. The van der Waals surface area contributed by atoms with Gasteiger partial charge in [0, 0.05) is 36.5 Å². The van der Waals surface area contributed by atoms with Crippen LogP contribution in [0.1, 0.15) is 18.1 Å². The Morgan fingerprint density at radius 3 is 2.82 bits per heavy atom. The van der Waals surface area contributed by atoms with Gasteiger partial charge in [0.05, 0.1) is 5.02 Å². The molecule has 0 unspecified atom stereocenters. The van der Waals surface area contributed by atoms with E-state index < -0.39 is 11.6 Å². The molecule has 1 fully saturated rings. The van der Waals surface area contributed by atoms with Crippen molar-refractivity contribution in [1.82, 2.24) is 10.3 Å². The topological polar surface area (TPSA) is 34.1 Å². The summed E-state index contributed by atoms with van der Waals surface area (Å²) in [6.45, 7) is 1.64. The van der Waals surface area contributed by atoms with Crippen LogP contribution in [0.2, 0.25) is 5.02 Å². The van der Waals surface area contributed by atoms with Gasteiger partial charge in [0.1, 0.15) is 11.9 Å². The molecule has 1 aromatic heterocycles. The third kappa shape index (κ3) is 3.36. The number of rotatable bonds is 4. The summed E-state index contributed by atoms with van der Waals surface area (Å²) in [5, 5.41) is 3.76. The lowest BCUT2D eigenvalue weighted by Crippen LogP contribution is -2.22. The number of hydrogen-bond donors (Lipinski definition) is 1.